The highest BCUT2D eigenvalue weighted by Gasteiger charge is 2.26. The molecular weight excluding hydrogens is 319 g/mol. The lowest BCUT2D eigenvalue weighted by Crippen LogP contribution is -2.47. The number of carbonyl (C=O) groups is 1. The first-order valence-corrected chi connectivity index (χ1v) is 6.58. The predicted molar refractivity (Wildman–Crippen MR) is 71.2 cm³/mol. The molecule has 19 heavy (non-hydrogen) atoms. The zero-order chi connectivity index (χ0) is 14.0. The molecule has 0 radical (unpaired) electrons. The van der Waals surface area contributed by atoms with Crippen LogP contribution in [0.15, 0.2) is 16.6 Å². The maximum atomic E-state index is 13.2. The van der Waals surface area contributed by atoms with E-state index in [0.717, 1.165) is 0 Å². The molecule has 1 aromatic rings. The topological polar surface area (TPSA) is 75.8 Å². The van der Waals surface area contributed by atoms with Crippen molar-refractivity contribution in [2.75, 3.05) is 32.0 Å². The van der Waals surface area contributed by atoms with Crippen molar-refractivity contribution < 1.29 is 19.0 Å². The quantitative estimate of drug-likeness (QED) is 0.792. The standard InChI is InChI=1S/C12H14BrFN2O3/c13-9-4-10(14)11(15)3-8(9)12(18)16-1-2-19-7(5-16)6-17/h3-4,7,17H,1-2,5-6,15H2. The van der Waals surface area contributed by atoms with Crippen molar-refractivity contribution >= 4 is 27.5 Å². The summed E-state index contributed by atoms with van der Waals surface area (Å²) in [4.78, 5) is 13.9. The number of aliphatic hydroxyl groups excluding tert-OH is 1. The van der Waals surface area contributed by atoms with Gasteiger partial charge in [-0.1, -0.05) is 0 Å². The van der Waals surface area contributed by atoms with Crippen LogP contribution in [0.5, 0.6) is 0 Å². The third-order valence-corrected chi connectivity index (χ3v) is 3.60. The maximum absolute atomic E-state index is 13.2. The summed E-state index contributed by atoms with van der Waals surface area (Å²) in [5.74, 6) is -0.834. The van der Waals surface area contributed by atoms with Crippen LogP contribution in [0.2, 0.25) is 0 Å². The molecule has 1 unspecified atom stereocenters. The van der Waals surface area contributed by atoms with Crippen LogP contribution in [-0.2, 0) is 4.74 Å². The number of morpholine rings is 1. The molecule has 1 saturated heterocycles. The molecule has 0 spiro atoms. The molecule has 0 aromatic heterocycles. The van der Waals surface area contributed by atoms with Crippen LogP contribution in [0.1, 0.15) is 10.4 Å². The fourth-order valence-electron chi connectivity index (χ4n) is 1.91. The zero-order valence-corrected chi connectivity index (χ0v) is 11.7. The molecule has 7 heteroatoms. The van der Waals surface area contributed by atoms with Crippen molar-refractivity contribution in [1.82, 2.24) is 4.90 Å². The van der Waals surface area contributed by atoms with E-state index in [4.69, 9.17) is 15.6 Å². The number of hydrogen-bond acceptors (Lipinski definition) is 4. The van der Waals surface area contributed by atoms with Crippen molar-refractivity contribution in [2.24, 2.45) is 0 Å². The summed E-state index contributed by atoms with van der Waals surface area (Å²) in [7, 11) is 0. The van der Waals surface area contributed by atoms with Gasteiger partial charge < -0.3 is 20.5 Å². The van der Waals surface area contributed by atoms with E-state index in [-0.39, 0.29) is 24.3 Å². The second kappa shape index (κ2) is 5.85. The lowest BCUT2D eigenvalue weighted by Gasteiger charge is -2.32. The van der Waals surface area contributed by atoms with E-state index in [1.807, 2.05) is 0 Å². The maximum Gasteiger partial charge on any atom is 0.255 e. The summed E-state index contributed by atoms with van der Waals surface area (Å²) in [5, 5.41) is 9.05. The second-order valence-corrected chi connectivity index (χ2v) is 5.13. The van der Waals surface area contributed by atoms with Gasteiger partial charge in [-0.3, -0.25) is 4.79 Å². The molecule has 0 aliphatic carbocycles. The van der Waals surface area contributed by atoms with Gasteiger partial charge in [0.2, 0.25) is 0 Å². The van der Waals surface area contributed by atoms with Crippen molar-refractivity contribution in [1.29, 1.82) is 0 Å². The summed E-state index contributed by atoms with van der Waals surface area (Å²) < 4.78 is 18.9. The van der Waals surface area contributed by atoms with Crippen molar-refractivity contribution in [2.45, 2.75) is 6.10 Å². The summed E-state index contributed by atoms with van der Waals surface area (Å²) >= 11 is 3.16. The van der Waals surface area contributed by atoms with Gasteiger partial charge >= 0.3 is 0 Å². The number of anilines is 1. The van der Waals surface area contributed by atoms with Crippen LogP contribution in [-0.4, -0.2) is 48.3 Å². The highest BCUT2D eigenvalue weighted by atomic mass is 79.9. The van der Waals surface area contributed by atoms with Crippen molar-refractivity contribution in [3.8, 4) is 0 Å². The van der Waals surface area contributed by atoms with E-state index in [0.29, 0.717) is 29.7 Å². The smallest absolute Gasteiger partial charge is 0.255 e. The van der Waals surface area contributed by atoms with Crippen LogP contribution in [0, 0.1) is 5.82 Å². The fourth-order valence-corrected chi connectivity index (χ4v) is 2.40. The number of ether oxygens (including phenoxy) is 1. The molecule has 1 aliphatic heterocycles. The van der Waals surface area contributed by atoms with Crippen LogP contribution >= 0.6 is 15.9 Å². The Morgan fingerprint density at radius 3 is 3.05 bits per heavy atom. The van der Waals surface area contributed by atoms with Gasteiger partial charge in [-0.15, -0.1) is 0 Å². The van der Waals surface area contributed by atoms with Gasteiger partial charge in [-0.25, -0.2) is 4.39 Å². The number of rotatable bonds is 2. The van der Waals surface area contributed by atoms with Crippen LogP contribution < -0.4 is 5.73 Å². The predicted octanol–water partition coefficient (Wildman–Crippen LogP) is 1.00. The van der Waals surface area contributed by atoms with E-state index in [9.17, 15) is 9.18 Å². The van der Waals surface area contributed by atoms with Crippen molar-refractivity contribution in [3.05, 3.63) is 28.0 Å². The number of amides is 1. The Kier molecular flexibility index (Phi) is 4.38. The van der Waals surface area contributed by atoms with Gasteiger partial charge in [0, 0.05) is 17.6 Å². The molecule has 1 fully saturated rings. The number of nitrogens with zero attached hydrogens (tertiary/aromatic N) is 1. The monoisotopic (exact) mass is 332 g/mol. The number of aliphatic hydroxyl groups is 1. The number of carbonyl (C=O) groups excluding carboxylic acids is 1. The molecule has 0 bridgehead atoms. The Morgan fingerprint density at radius 2 is 2.37 bits per heavy atom. The first-order chi connectivity index (χ1) is 9.02. The molecule has 104 valence electrons. The highest BCUT2D eigenvalue weighted by Crippen LogP contribution is 2.24. The fraction of sp³-hybridized carbons (Fsp3) is 0.417. The third-order valence-electron chi connectivity index (χ3n) is 2.95. The minimum Gasteiger partial charge on any atom is -0.396 e. The molecule has 0 saturated carbocycles. The average Bonchev–Trinajstić information content (AvgIpc) is 2.42. The van der Waals surface area contributed by atoms with E-state index < -0.39 is 5.82 Å². The molecule has 1 amide bonds. The van der Waals surface area contributed by atoms with E-state index in [1.54, 1.807) is 4.90 Å². The molecule has 1 atom stereocenters. The van der Waals surface area contributed by atoms with Gasteiger partial charge in [-0.05, 0) is 28.1 Å². The molecule has 5 nitrogen and oxygen atoms in total. The third kappa shape index (κ3) is 3.05. The Hall–Kier alpha value is -1.18. The number of hydrogen-bond donors (Lipinski definition) is 2. The van der Waals surface area contributed by atoms with E-state index >= 15 is 0 Å². The lowest BCUT2D eigenvalue weighted by molar-refractivity contribution is -0.0447. The van der Waals surface area contributed by atoms with Gasteiger partial charge in [0.25, 0.3) is 5.91 Å². The Morgan fingerprint density at radius 1 is 1.63 bits per heavy atom. The van der Waals surface area contributed by atoms with Gasteiger partial charge in [0.1, 0.15) is 5.82 Å². The largest absolute Gasteiger partial charge is 0.396 e. The van der Waals surface area contributed by atoms with Crippen molar-refractivity contribution in [3.63, 3.8) is 0 Å². The second-order valence-electron chi connectivity index (χ2n) is 4.28. The highest BCUT2D eigenvalue weighted by molar-refractivity contribution is 9.10. The number of nitrogen functional groups attached to an aromatic ring is 1. The number of halogens is 2. The first-order valence-electron chi connectivity index (χ1n) is 5.79. The summed E-state index contributed by atoms with van der Waals surface area (Å²) in [6.07, 6.45) is -0.380. The Labute approximate surface area is 118 Å². The molecule has 2 rings (SSSR count). The molecule has 1 heterocycles. The van der Waals surface area contributed by atoms with Gasteiger partial charge in [0.15, 0.2) is 0 Å². The van der Waals surface area contributed by atoms with Crippen LogP contribution in [0.3, 0.4) is 0 Å². The summed E-state index contributed by atoms with van der Waals surface area (Å²) in [5.41, 5.74) is 5.71. The molecule has 3 N–H and O–H groups in total. The normalized spacial score (nSPS) is 19.5. The van der Waals surface area contributed by atoms with E-state index in [1.165, 1.54) is 12.1 Å². The Balaban J connectivity index is 2.22. The summed E-state index contributed by atoms with van der Waals surface area (Å²) in [6, 6.07) is 2.48. The minimum atomic E-state index is -0.571. The van der Waals surface area contributed by atoms with Gasteiger partial charge in [-0.2, -0.15) is 0 Å². The van der Waals surface area contributed by atoms with Gasteiger partial charge in [0.05, 0.1) is 30.6 Å². The zero-order valence-electron chi connectivity index (χ0n) is 10.1. The molecule has 1 aromatic carbocycles. The van der Waals surface area contributed by atoms with Crippen LogP contribution in [0.4, 0.5) is 10.1 Å². The average molecular weight is 333 g/mol. The van der Waals surface area contributed by atoms with Crippen LogP contribution in [0.25, 0.3) is 0 Å². The SMILES string of the molecule is Nc1cc(C(=O)N2CCOC(CO)C2)c(Br)cc1F. The van der Waals surface area contributed by atoms with E-state index in [2.05, 4.69) is 15.9 Å². The first kappa shape index (κ1) is 14.2. The number of benzene rings is 1. The number of nitrogens with two attached hydrogens (primary N) is 1. The lowest BCUT2D eigenvalue weighted by atomic mass is 10.1. The minimum absolute atomic E-state index is 0.0708. The summed E-state index contributed by atoms with van der Waals surface area (Å²) in [6.45, 7) is 0.958. The Bertz CT molecular complexity index is 498. The molecule has 1 aliphatic rings. The molecular formula is C12H14BrFN2O3.